The van der Waals surface area contributed by atoms with Crippen LogP contribution in [0.2, 0.25) is 0 Å². The van der Waals surface area contributed by atoms with E-state index in [0.29, 0.717) is 0 Å². The summed E-state index contributed by atoms with van der Waals surface area (Å²) >= 11 is 3.46. The highest BCUT2D eigenvalue weighted by atomic mass is 79.9. The van der Waals surface area contributed by atoms with E-state index in [1.165, 1.54) is 0 Å². The number of aryl methyl sites for hydroxylation is 1. The third-order valence-corrected chi connectivity index (χ3v) is 3.46. The monoisotopic (exact) mass is 293 g/mol. The van der Waals surface area contributed by atoms with Crippen LogP contribution in [0.15, 0.2) is 22.8 Å². The van der Waals surface area contributed by atoms with Crippen molar-refractivity contribution in [1.29, 1.82) is 0 Å². The van der Waals surface area contributed by atoms with Crippen LogP contribution in [0, 0.1) is 6.92 Å². The van der Waals surface area contributed by atoms with Gasteiger partial charge in [0.05, 0.1) is 6.54 Å². The van der Waals surface area contributed by atoms with Gasteiger partial charge in [0.1, 0.15) is 11.6 Å². The predicted molar refractivity (Wildman–Crippen MR) is 67.7 cm³/mol. The van der Waals surface area contributed by atoms with Crippen LogP contribution >= 0.6 is 15.9 Å². The maximum absolute atomic E-state index is 4.38. The summed E-state index contributed by atoms with van der Waals surface area (Å²) in [6, 6.07) is 3.96. The molecule has 0 N–H and O–H groups in total. The SMILES string of the molecule is Cc1nnc2n1CCN(c1cc(Br)ccn1)C2. The zero-order chi connectivity index (χ0) is 11.8. The maximum atomic E-state index is 4.38. The van der Waals surface area contributed by atoms with Gasteiger partial charge in [-0.2, -0.15) is 0 Å². The van der Waals surface area contributed by atoms with Crippen molar-refractivity contribution in [1.82, 2.24) is 19.7 Å². The van der Waals surface area contributed by atoms with Crippen LogP contribution in [-0.4, -0.2) is 26.3 Å². The molecule has 0 aliphatic carbocycles. The Morgan fingerprint density at radius 2 is 2.18 bits per heavy atom. The highest BCUT2D eigenvalue weighted by molar-refractivity contribution is 9.10. The fraction of sp³-hybridized carbons (Fsp3) is 0.364. The average molecular weight is 294 g/mol. The smallest absolute Gasteiger partial charge is 0.152 e. The van der Waals surface area contributed by atoms with Gasteiger partial charge in [0.25, 0.3) is 0 Å². The van der Waals surface area contributed by atoms with Crippen LogP contribution in [0.3, 0.4) is 0 Å². The lowest BCUT2D eigenvalue weighted by Gasteiger charge is -2.28. The highest BCUT2D eigenvalue weighted by Crippen LogP contribution is 2.21. The summed E-state index contributed by atoms with van der Waals surface area (Å²) in [5.74, 6) is 2.98. The van der Waals surface area contributed by atoms with E-state index in [9.17, 15) is 0 Å². The largest absolute Gasteiger partial charge is 0.347 e. The van der Waals surface area contributed by atoms with Crippen molar-refractivity contribution in [2.75, 3.05) is 11.4 Å². The van der Waals surface area contributed by atoms with Crippen molar-refractivity contribution < 1.29 is 0 Å². The molecule has 0 atom stereocenters. The molecular formula is C11H12BrN5. The first-order valence-electron chi connectivity index (χ1n) is 5.49. The van der Waals surface area contributed by atoms with Gasteiger partial charge in [-0.05, 0) is 19.1 Å². The molecule has 88 valence electrons. The summed E-state index contributed by atoms with van der Waals surface area (Å²) < 4.78 is 3.21. The molecule has 0 spiro atoms. The number of nitrogens with zero attached hydrogens (tertiary/aromatic N) is 5. The molecule has 0 unspecified atom stereocenters. The Hall–Kier alpha value is -1.43. The molecule has 3 heterocycles. The van der Waals surface area contributed by atoms with Gasteiger partial charge >= 0.3 is 0 Å². The summed E-state index contributed by atoms with van der Waals surface area (Å²) in [7, 11) is 0. The molecule has 0 bridgehead atoms. The first kappa shape index (κ1) is 10.7. The van der Waals surface area contributed by atoms with Gasteiger partial charge in [0.15, 0.2) is 5.82 Å². The van der Waals surface area contributed by atoms with Gasteiger partial charge in [-0.1, -0.05) is 15.9 Å². The fourth-order valence-corrected chi connectivity index (χ4v) is 2.39. The number of halogens is 1. The van der Waals surface area contributed by atoms with Crippen LogP contribution in [0.1, 0.15) is 11.6 Å². The summed E-state index contributed by atoms with van der Waals surface area (Å²) in [6.45, 7) is 4.62. The molecule has 6 heteroatoms. The Balaban J connectivity index is 1.89. The quantitative estimate of drug-likeness (QED) is 0.804. The van der Waals surface area contributed by atoms with Crippen LogP contribution < -0.4 is 4.90 Å². The lowest BCUT2D eigenvalue weighted by atomic mass is 10.3. The standard InChI is InChI=1S/C11H12BrN5/c1-8-14-15-11-7-16(4-5-17(8)11)10-6-9(12)2-3-13-10/h2-3,6H,4-5,7H2,1H3. The lowest BCUT2D eigenvalue weighted by Crippen LogP contribution is -2.34. The van der Waals surface area contributed by atoms with E-state index >= 15 is 0 Å². The molecule has 0 amide bonds. The summed E-state index contributed by atoms with van der Waals surface area (Å²) in [4.78, 5) is 6.60. The van der Waals surface area contributed by atoms with Crippen molar-refractivity contribution >= 4 is 21.7 Å². The van der Waals surface area contributed by atoms with Crippen molar-refractivity contribution in [3.05, 3.63) is 34.5 Å². The van der Waals surface area contributed by atoms with Gasteiger partial charge in [-0.25, -0.2) is 4.98 Å². The normalized spacial score (nSPS) is 14.8. The van der Waals surface area contributed by atoms with Crippen molar-refractivity contribution in [2.45, 2.75) is 20.0 Å². The number of fused-ring (bicyclic) bond motifs is 1. The Labute approximate surface area is 108 Å². The molecule has 3 rings (SSSR count). The van der Waals surface area contributed by atoms with Gasteiger partial charge in [0.2, 0.25) is 0 Å². The van der Waals surface area contributed by atoms with E-state index in [-0.39, 0.29) is 0 Å². The summed E-state index contributed by atoms with van der Waals surface area (Å²) in [5, 5.41) is 8.29. The molecule has 0 radical (unpaired) electrons. The van der Waals surface area contributed by atoms with Gasteiger partial charge in [-0.15, -0.1) is 10.2 Å². The van der Waals surface area contributed by atoms with Crippen LogP contribution in [-0.2, 0) is 13.1 Å². The summed E-state index contributed by atoms with van der Waals surface area (Å²) in [5.41, 5.74) is 0. The highest BCUT2D eigenvalue weighted by Gasteiger charge is 2.20. The Bertz CT molecular complexity index is 551. The molecule has 0 saturated heterocycles. The van der Waals surface area contributed by atoms with E-state index in [1.54, 1.807) is 0 Å². The van der Waals surface area contributed by atoms with Crippen LogP contribution in [0.5, 0.6) is 0 Å². The Morgan fingerprint density at radius 1 is 1.29 bits per heavy atom. The molecule has 1 aliphatic heterocycles. The minimum atomic E-state index is 0.768. The Kier molecular flexibility index (Phi) is 2.58. The van der Waals surface area contributed by atoms with Crippen molar-refractivity contribution in [3.8, 4) is 0 Å². The predicted octanol–water partition coefficient (Wildman–Crippen LogP) is 1.76. The molecule has 2 aromatic heterocycles. The first-order valence-corrected chi connectivity index (χ1v) is 6.28. The fourth-order valence-electron chi connectivity index (χ4n) is 2.07. The molecular weight excluding hydrogens is 282 g/mol. The molecule has 1 aliphatic rings. The second-order valence-corrected chi connectivity index (χ2v) is 4.98. The number of hydrogen-bond donors (Lipinski definition) is 0. The van der Waals surface area contributed by atoms with Crippen LogP contribution in [0.4, 0.5) is 5.82 Å². The maximum Gasteiger partial charge on any atom is 0.152 e. The minimum absolute atomic E-state index is 0.768. The summed E-state index contributed by atoms with van der Waals surface area (Å²) in [6.07, 6.45) is 1.81. The third-order valence-electron chi connectivity index (χ3n) is 2.97. The third kappa shape index (κ3) is 1.93. The Morgan fingerprint density at radius 3 is 3.00 bits per heavy atom. The number of hydrogen-bond acceptors (Lipinski definition) is 4. The molecule has 5 nitrogen and oxygen atoms in total. The van der Waals surface area contributed by atoms with E-state index < -0.39 is 0 Å². The number of aromatic nitrogens is 4. The lowest BCUT2D eigenvalue weighted by molar-refractivity contribution is 0.547. The molecule has 0 fully saturated rings. The van der Waals surface area contributed by atoms with Crippen molar-refractivity contribution in [2.24, 2.45) is 0 Å². The van der Waals surface area contributed by atoms with E-state index in [4.69, 9.17) is 0 Å². The van der Waals surface area contributed by atoms with E-state index in [2.05, 4.69) is 40.6 Å². The van der Waals surface area contributed by atoms with Crippen LogP contribution in [0.25, 0.3) is 0 Å². The minimum Gasteiger partial charge on any atom is -0.347 e. The molecule has 0 saturated carbocycles. The van der Waals surface area contributed by atoms with Crippen molar-refractivity contribution in [3.63, 3.8) is 0 Å². The second-order valence-electron chi connectivity index (χ2n) is 4.07. The zero-order valence-corrected chi connectivity index (χ0v) is 11.1. The average Bonchev–Trinajstić information content (AvgIpc) is 2.71. The van der Waals surface area contributed by atoms with Gasteiger partial charge in [0, 0.05) is 23.8 Å². The van der Waals surface area contributed by atoms with E-state index in [0.717, 1.165) is 41.6 Å². The first-order chi connectivity index (χ1) is 8.24. The van der Waals surface area contributed by atoms with Gasteiger partial charge in [-0.3, -0.25) is 0 Å². The molecule has 0 aromatic carbocycles. The topological polar surface area (TPSA) is 46.8 Å². The molecule has 17 heavy (non-hydrogen) atoms. The number of anilines is 1. The van der Waals surface area contributed by atoms with E-state index in [1.807, 2.05) is 25.3 Å². The zero-order valence-electron chi connectivity index (χ0n) is 9.47. The number of pyridine rings is 1. The van der Waals surface area contributed by atoms with Gasteiger partial charge < -0.3 is 9.47 Å². The number of rotatable bonds is 1. The second kappa shape index (κ2) is 4.10. The molecule has 2 aromatic rings.